The molecule has 1 fully saturated rings. The van der Waals surface area contributed by atoms with Gasteiger partial charge in [0.1, 0.15) is 6.10 Å². The molecule has 4 atom stereocenters. The second-order valence-electron chi connectivity index (χ2n) is 4.85. The zero-order valence-electron chi connectivity index (χ0n) is 12.6. The van der Waals surface area contributed by atoms with E-state index in [1.807, 2.05) is 20.8 Å². The van der Waals surface area contributed by atoms with Gasteiger partial charge in [-0.25, -0.2) is 4.79 Å². The van der Waals surface area contributed by atoms with Gasteiger partial charge in [-0.1, -0.05) is 0 Å². The Morgan fingerprint density at radius 2 is 1.52 bits per heavy atom. The van der Waals surface area contributed by atoms with Crippen LogP contribution < -0.4 is 0 Å². The average Bonchev–Trinajstić information content (AvgIpc) is 2.37. The third-order valence-corrected chi connectivity index (χ3v) is 3.08. The summed E-state index contributed by atoms with van der Waals surface area (Å²) in [6.45, 7) is 7.25. The Morgan fingerprint density at radius 1 is 1.14 bits per heavy atom. The summed E-state index contributed by atoms with van der Waals surface area (Å²) >= 11 is 0. The Hall–Kier alpha value is -0.770. The maximum Gasteiger partial charge on any atom is 0.335 e. The van der Waals surface area contributed by atoms with Crippen LogP contribution in [0.25, 0.3) is 0 Å². The van der Waals surface area contributed by atoms with Gasteiger partial charge in [0, 0.05) is 26.1 Å². The number of carboxylic acids is 1. The van der Waals surface area contributed by atoms with Crippen LogP contribution in [0.15, 0.2) is 0 Å². The van der Waals surface area contributed by atoms with Gasteiger partial charge in [0.2, 0.25) is 0 Å². The van der Waals surface area contributed by atoms with Crippen molar-refractivity contribution in [2.45, 2.75) is 63.8 Å². The molecule has 1 aliphatic rings. The second-order valence-corrected chi connectivity index (χ2v) is 4.85. The summed E-state index contributed by atoms with van der Waals surface area (Å²) in [5.41, 5.74) is -2.14. The Bertz CT molecular complexity index is 291. The van der Waals surface area contributed by atoms with E-state index in [0.717, 1.165) is 13.2 Å². The molecule has 0 saturated heterocycles. The first-order valence-electron chi connectivity index (χ1n) is 6.91. The first kappa shape index (κ1) is 20.2. The molecule has 0 heterocycles. The van der Waals surface area contributed by atoms with Gasteiger partial charge in [0.05, 0.1) is 12.2 Å². The molecule has 8 heteroatoms. The third kappa shape index (κ3) is 6.68. The normalized spacial score (nSPS) is 32.5. The molecule has 5 N–H and O–H groups in total. The van der Waals surface area contributed by atoms with E-state index in [1.165, 1.54) is 0 Å². The minimum atomic E-state index is -2.14. The molecule has 0 aromatic heterocycles. The average molecular weight is 310 g/mol. The minimum Gasteiger partial charge on any atom is -0.479 e. The summed E-state index contributed by atoms with van der Waals surface area (Å²) in [5.74, 6) is -1.50. The zero-order chi connectivity index (χ0) is 16.6. The fourth-order valence-electron chi connectivity index (χ4n) is 1.97. The first-order chi connectivity index (χ1) is 9.67. The van der Waals surface area contributed by atoms with Crippen molar-refractivity contribution < 1.29 is 39.8 Å². The lowest BCUT2D eigenvalue weighted by molar-refractivity contribution is -0.187. The predicted molar refractivity (Wildman–Crippen MR) is 72.6 cm³/mol. The van der Waals surface area contributed by atoms with E-state index >= 15 is 0 Å². The number of rotatable bonds is 5. The van der Waals surface area contributed by atoms with E-state index in [2.05, 4.69) is 0 Å². The number of carboxylic acid groups (broad SMARTS) is 1. The Labute approximate surface area is 123 Å². The molecule has 1 aliphatic carbocycles. The number of aliphatic hydroxyl groups excluding tert-OH is 3. The third-order valence-electron chi connectivity index (χ3n) is 3.08. The molecule has 1 saturated carbocycles. The molecule has 0 spiro atoms. The molecule has 0 aromatic rings. The number of aliphatic carboxylic acids is 1. The molecule has 0 amide bonds. The SMILES string of the molecule is CCOC(C)OCC.O=C(O)[C@@]1(O)CC(O)[C@H](O)[C@H](O)C1. The Kier molecular flexibility index (Phi) is 8.95. The van der Waals surface area contributed by atoms with Crippen LogP contribution in [-0.2, 0) is 14.3 Å². The van der Waals surface area contributed by atoms with Gasteiger partial charge in [0.15, 0.2) is 11.9 Å². The quantitative estimate of drug-likeness (QED) is 0.411. The van der Waals surface area contributed by atoms with E-state index in [9.17, 15) is 9.90 Å². The first-order valence-corrected chi connectivity index (χ1v) is 6.91. The number of hydrogen-bond donors (Lipinski definition) is 5. The largest absolute Gasteiger partial charge is 0.479 e. The Balaban J connectivity index is 0.000000433. The highest BCUT2D eigenvalue weighted by molar-refractivity contribution is 5.77. The monoisotopic (exact) mass is 310 g/mol. The van der Waals surface area contributed by atoms with Crippen LogP contribution in [0.2, 0.25) is 0 Å². The van der Waals surface area contributed by atoms with Crippen molar-refractivity contribution >= 4 is 5.97 Å². The topological polar surface area (TPSA) is 137 Å². The fourth-order valence-corrected chi connectivity index (χ4v) is 1.97. The molecular formula is C13H26O8. The van der Waals surface area contributed by atoms with Gasteiger partial charge in [-0.15, -0.1) is 0 Å². The highest BCUT2D eigenvalue weighted by Gasteiger charge is 2.48. The van der Waals surface area contributed by atoms with Crippen molar-refractivity contribution in [2.75, 3.05) is 13.2 Å². The van der Waals surface area contributed by atoms with Gasteiger partial charge >= 0.3 is 5.97 Å². The summed E-state index contributed by atoms with van der Waals surface area (Å²) in [5, 5.41) is 45.2. The number of aliphatic hydroxyl groups is 4. The molecule has 8 nitrogen and oxygen atoms in total. The van der Waals surface area contributed by atoms with E-state index in [-0.39, 0.29) is 6.29 Å². The molecule has 21 heavy (non-hydrogen) atoms. The van der Waals surface area contributed by atoms with E-state index in [1.54, 1.807) is 0 Å². The molecular weight excluding hydrogens is 284 g/mol. The number of carbonyl (C=O) groups is 1. The van der Waals surface area contributed by atoms with Gasteiger partial charge in [-0.05, 0) is 20.8 Å². The van der Waals surface area contributed by atoms with Gasteiger partial charge in [0.25, 0.3) is 0 Å². The lowest BCUT2D eigenvalue weighted by Crippen LogP contribution is -2.56. The van der Waals surface area contributed by atoms with Crippen molar-refractivity contribution in [1.82, 2.24) is 0 Å². The smallest absolute Gasteiger partial charge is 0.335 e. The van der Waals surface area contributed by atoms with Crippen molar-refractivity contribution in [1.29, 1.82) is 0 Å². The maximum atomic E-state index is 10.5. The molecule has 1 rings (SSSR count). The minimum absolute atomic E-state index is 0.0370. The fraction of sp³-hybridized carbons (Fsp3) is 0.923. The lowest BCUT2D eigenvalue weighted by Gasteiger charge is -2.37. The highest BCUT2D eigenvalue weighted by atomic mass is 16.7. The summed E-state index contributed by atoms with van der Waals surface area (Å²) in [6, 6.07) is 0. The molecule has 1 unspecified atom stereocenters. The number of hydrogen-bond acceptors (Lipinski definition) is 7. The molecule has 0 aliphatic heterocycles. The molecule has 126 valence electrons. The summed E-state index contributed by atoms with van der Waals surface area (Å²) in [4.78, 5) is 10.5. The number of ether oxygens (including phenoxy) is 2. The van der Waals surface area contributed by atoms with E-state index in [4.69, 9.17) is 29.9 Å². The van der Waals surface area contributed by atoms with Crippen LogP contribution in [0, 0.1) is 0 Å². The summed E-state index contributed by atoms with van der Waals surface area (Å²) in [7, 11) is 0. The van der Waals surface area contributed by atoms with Crippen LogP contribution in [0.1, 0.15) is 33.6 Å². The van der Waals surface area contributed by atoms with Crippen molar-refractivity contribution in [3.8, 4) is 0 Å². The second kappa shape index (κ2) is 9.29. The zero-order valence-corrected chi connectivity index (χ0v) is 12.6. The lowest BCUT2D eigenvalue weighted by atomic mass is 9.80. The van der Waals surface area contributed by atoms with Gasteiger partial charge in [-0.2, -0.15) is 0 Å². The van der Waals surface area contributed by atoms with Crippen LogP contribution in [0.4, 0.5) is 0 Å². The van der Waals surface area contributed by atoms with Crippen molar-refractivity contribution in [3.63, 3.8) is 0 Å². The Morgan fingerprint density at radius 3 is 1.81 bits per heavy atom. The van der Waals surface area contributed by atoms with Crippen molar-refractivity contribution in [2.24, 2.45) is 0 Å². The van der Waals surface area contributed by atoms with Crippen LogP contribution in [0.3, 0.4) is 0 Å². The standard InChI is InChI=1S/C7H12O6.C6H14O2/c8-3-1-7(13,6(11)12)2-4(9)5(3)10;1-4-7-6(3)8-5-2/h3-5,8-10,13H,1-2H2,(H,11,12);6H,4-5H2,1-3H3/t3-,4?,5-,7+;/m1./s1. The van der Waals surface area contributed by atoms with Gasteiger partial charge < -0.3 is 35.0 Å². The van der Waals surface area contributed by atoms with Gasteiger partial charge in [-0.3, -0.25) is 0 Å². The van der Waals surface area contributed by atoms with E-state index < -0.39 is 42.7 Å². The van der Waals surface area contributed by atoms with Crippen LogP contribution in [-0.4, -0.2) is 74.9 Å². The molecule has 0 aromatic carbocycles. The predicted octanol–water partition coefficient (Wildman–Crippen LogP) is -0.916. The van der Waals surface area contributed by atoms with E-state index in [0.29, 0.717) is 0 Å². The van der Waals surface area contributed by atoms with Crippen LogP contribution in [0.5, 0.6) is 0 Å². The summed E-state index contributed by atoms with van der Waals surface area (Å²) < 4.78 is 10.1. The maximum absolute atomic E-state index is 10.5. The molecule has 0 radical (unpaired) electrons. The molecule has 0 bridgehead atoms. The van der Waals surface area contributed by atoms with Crippen molar-refractivity contribution in [3.05, 3.63) is 0 Å². The van der Waals surface area contributed by atoms with Crippen LogP contribution >= 0.6 is 0 Å². The highest BCUT2D eigenvalue weighted by Crippen LogP contribution is 2.29. The summed E-state index contributed by atoms with van der Waals surface area (Å²) in [6.07, 6.45) is -5.19.